The largest absolute Gasteiger partial charge is 0.449 e. The highest BCUT2D eigenvalue weighted by Gasteiger charge is 2.20. The van der Waals surface area contributed by atoms with Crippen LogP contribution >= 0.6 is 11.6 Å². The van der Waals surface area contributed by atoms with Crippen molar-refractivity contribution in [1.29, 1.82) is 0 Å². The highest BCUT2D eigenvalue weighted by Crippen LogP contribution is 2.15. The lowest BCUT2D eigenvalue weighted by Crippen LogP contribution is -2.35. The first-order valence-electron chi connectivity index (χ1n) is 8.94. The van der Waals surface area contributed by atoms with Crippen molar-refractivity contribution < 1.29 is 22.7 Å². The Kier molecular flexibility index (Phi) is 7.78. The van der Waals surface area contributed by atoms with Crippen LogP contribution in [-0.4, -0.2) is 32.4 Å². The third-order valence-electron chi connectivity index (χ3n) is 3.86. The van der Waals surface area contributed by atoms with Gasteiger partial charge in [-0.3, -0.25) is 4.79 Å². The minimum Gasteiger partial charge on any atom is -0.449 e. The Labute approximate surface area is 175 Å². The van der Waals surface area contributed by atoms with Crippen LogP contribution in [-0.2, 0) is 26.1 Å². The molecule has 2 N–H and O–H groups in total. The zero-order chi connectivity index (χ0) is 21.6. The molecule has 0 radical (unpaired) electrons. The molecule has 0 saturated heterocycles. The molecule has 0 heterocycles. The number of ether oxygens (including phenoxy) is 1. The number of sulfonamides is 1. The molecular formula is C20H23ClN2O5S. The fourth-order valence-corrected chi connectivity index (χ4v) is 3.85. The number of carbonyl (C=O) groups excluding carboxylic acids is 2. The quantitative estimate of drug-likeness (QED) is 0.617. The Morgan fingerprint density at radius 2 is 1.66 bits per heavy atom. The summed E-state index contributed by atoms with van der Waals surface area (Å²) in [6.45, 7) is 5.07. The first kappa shape index (κ1) is 22.9. The van der Waals surface area contributed by atoms with Crippen molar-refractivity contribution in [1.82, 2.24) is 10.0 Å². The average Bonchev–Trinajstić information content (AvgIpc) is 2.66. The summed E-state index contributed by atoms with van der Waals surface area (Å²) in [6.07, 6.45) is -1.03. The summed E-state index contributed by atoms with van der Waals surface area (Å²) >= 11 is 6.04. The number of amides is 1. The molecule has 0 saturated carbocycles. The number of rotatable bonds is 8. The molecule has 7 nitrogen and oxygen atoms in total. The van der Waals surface area contributed by atoms with Crippen LogP contribution in [0.1, 0.15) is 36.7 Å². The zero-order valence-electron chi connectivity index (χ0n) is 16.3. The summed E-state index contributed by atoms with van der Waals surface area (Å²) in [6, 6.07) is 12.1. The van der Waals surface area contributed by atoms with Gasteiger partial charge in [0.15, 0.2) is 6.10 Å². The number of halogens is 1. The van der Waals surface area contributed by atoms with Crippen molar-refractivity contribution in [3.05, 3.63) is 64.7 Å². The lowest BCUT2D eigenvalue weighted by Gasteiger charge is -2.14. The van der Waals surface area contributed by atoms with Gasteiger partial charge in [-0.15, -0.1) is 0 Å². The van der Waals surface area contributed by atoms with Crippen molar-refractivity contribution in [2.45, 2.75) is 44.4 Å². The molecule has 2 rings (SSSR count). The first-order chi connectivity index (χ1) is 13.6. The topological polar surface area (TPSA) is 102 Å². The molecule has 0 aliphatic carbocycles. The fourth-order valence-electron chi connectivity index (χ4n) is 2.40. The zero-order valence-corrected chi connectivity index (χ0v) is 17.9. The number of hydrogen-bond acceptors (Lipinski definition) is 5. The van der Waals surface area contributed by atoms with Gasteiger partial charge in [0.05, 0.1) is 10.5 Å². The van der Waals surface area contributed by atoms with Crippen molar-refractivity contribution in [2.24, 2.45) is 0 Å². The molecule has 1 amide bonds. The molecule has 0 spiro atoms. The van der Waals surface area contributed by atoms with Gasteiger partial charge in [0.1, 0.15) is 0 Å². The van der Waals surface area contributed by atoms with E-state index in [2.05, 4.69) is 10.0 Å². The van der Waals surface area contributed by atoms with Crippen LogP contribution in [0.4, 0.5) is 0 Å². The molecule has 0 bridgehead atoms. The molecule has 0 aromatic heterocycles. The molecule has 1 unspecified atom stereocenters. The van der Waals surface area contributed by atoms with Gasteiger partial charge in [0.2, 0.25) is 10.0 Å². The molecule has 0 aliphatic rings. The maximum atomic E-state index is 12.2. The van der Waals surface area contributed by atoms with Crippen LogP contribution in [0.15, 0.2) is 53.4 Å². The van der Waals surface area contributed by atoms with Gasteiger partial charge in [-0.1, -0.05) is 29.8 Å². The SMILES string of the molecule is CC(C)NS(=O)(=O)c1ccc(C(=O)OC(C)C(=O)NCc2ccccc2Cl)cc1. The van der Waals surface area contributed by atoms with E-state index in [1.54, 1.807) is 38.1 Å². The molecular weight excluding hydrogens is 416 g/mol. The predicted octanol–water partition coefficient (Wildman–Crippen LogP) is 2.89. The maximum Gasteiger partial charge on any atom is 0.338 e. The molecule has 0 fully saturated rings. The Hall–Kier alpha value is -2.42. The second-order valence-corrected chi connectivity index (χ2v) is 8.78. The third kappa shape index (κ3) is 6.56. The summed E-state index contributed by atoms with van der Waals surface area (Å²) in [4.78, 5) is 24.4. The molecule has 156 valence electrons. The van der Waals surface area contributed by atoms with E-state index in [9.17, 15) is 18.0 Å². The van der Waals surface area contributed by atoms with Crippen LogP contribution < -0.4 is 10.0 Å². The van der Waals surface area contributed by atoms with Crippen LogP contribution in [0, 0.1) is 0 Å². The predicted molar refractivity (Wildman–Crippen MR) is 110 cm³/mol. The normalized spacial score (nSPS) is 12.4. The van der Waals surface area contributed by atoms with E-state index >= 15 is 0 Å². The van der Waals surface area contributed by atoms with E-state index in [-0.39, 0.29) is 23.0 Å². The van der Waals surface area contributed by atoms with Crippen molar-refractivity contribution >= 4 is 33.5 Å². The Balaban J connectivity index is 1.95. The number of nitrogens with one attached hydrogen (secondary N) is 2. The third-order valence-corrected chi connectivity index (χ3v) is 5.90. The van der Waals surface area contributed by atoms with E-state index < -0.39 is 28.0 Å². The number of esters is 1. The van der Waals surface area contributed by atoms with Crippen LogP contribution in [0.25, 0.3) is 0 Å². The first-order valence-corrected chi connectivity index (χ1v) is 10.8. The molecule has 2 aromatic carbocycles. The summed E-state index contributed by atoms with van der Waals surface area (Å²) < 4.78 is 31.8. The molecule has 1 atom stereocenters. The lowest BCUT2D eigenvalue weighted by molar-refractivity contribution is -0.129. The maximum absolute atomic E-state index is 12.2. The molecule has 0 aliphatic heterocycles. The van der Waals surface area contributed by atoms with Gasteiger partial charge < -0.3 is 10.1 Å². The fraction of sp³-hybridized carbons (Fsp3) is 0.300. The highest BCUT2D eigenvalue weighted by atomic mass is 35.5. The number of hydrogen-bond donors (Lipinski definition) is 2. The summed E-state index contributed by atoms with van der Waals surface area (Å²) in [7, 11) is -3.65. The lowest BCUT2D eigenvalue weighted by atomic mass is 10.2. The van der Waals surface area contributed by atoms with E-state index in [0.717, 1.165) is 5.56 Å². The minimum absolute atomic E-state index is 0.0354. The van der Waals surface area contributed by atoms with Crippen LogP contribution in [0.2, 0.25) is 5.02 Å². The number of carbonyl (C=O) groups is 2. The van der Waals surface area contributed by atoms with Gasteiger partial charge in [0, 0.05) is 17.6 Å². The second kappa shape index (κ2) is 9.87. The molecule has 9 heteroatoms. The van der Waals surface area contributed by atoms with Gasteiger partial charge >= 0.3 is 5.97 Å². The highest BCUT2D eigenvalue weighted by molar-refractivity contribution is 7.89. The smallest absolute Gasteiger partial charge is 0.338 e. The van der Waals surface area contributed by atoms with Gasteiger partial charge in [-0.05, 0) is 56.7 Å². The van der Waals surface area contributed by atoms with Gasteiger partial charge in [-0.2, -0.15) is 0 Å². The minimum atomic E-state index is -3.65. The van der Waals surface area contributed by atoms with Crippen molar-refractivity contribution in [3.63, 3.8) is 0 Å². The van der Waals surface area contributed by atoms with Crippen molar-refractivity contribution in [2.75, 3.05) is 0 Å². The summed E-state index contributed by atoms with van der Waals surface area (Å²) in [5.41, 5.74) is 0.882. The Morgan fingerprint density at radius 3 is 2.24 bits per heavy atom. The van der Waals surface area contributed by atoms with Gasteiger partial charge in [0.25, 0.3) is 5.91 Å². The molecule has 29 heavy (non-hydrogen) atoms. The van der Waals surface area contributed by atoms with Crippen LogP contribution in [0.5, 0.6) is 0 Å². The van der Waals surface area contributed by atoms with Crippen molar-refractivity contribution in [3.8, 4) is 0 Å². The Morgan fingerprint density at radius 1 is 1.03 bits per heavy atom. The van der Waals surface area contributed by atoms with E-state index in [0.29, 0.717) is 5.02 Å². The van der Waals surface area contributed by atoms with Crippen LogP contribution in [0.3, 0.4) is 0 Å². The average molecular weight is 439 g/mol. The standard InChI is InChI=1S/C20H23ClN2O5S/c1-13(2)23-29(26,27)17-10-8-15(9-11-17)20(25)28-14(3)19(24)22-12-16-6-4-5-7-18(16)21/h4-11,13-14,23H,12H2,1-3H3,(H,22,24). The number of benzene rings is 2. The Bertz CT molecular complexity index is 975. The molecule has 2 aromatic rings. The second-order valence-electron chi connectivity index (χ2n) is 6.66. The summed E-state index contributed by atoms with van der Waals surface area (Å²) in [5.74, 6) is -1.20. The van der Waals surface area contributed by atoms with E-state index in [1.165, 1.54) is 31.2 Å². The van der Waals surface area contributed by atoms with Gasteiger partial charge in [-0.25, -0.2) is 17.9 Å². The van der Waals surface area contributed by atoms with E-state index in [4.69, 9.17) is 16.3 Å². The summed E-state index contributed by atoms with van der Waals surface area (Å²) in [5, 5.41) is 3.18. The van der Waals surface area contributed by atoms with E-state index in [1.807, 2.05) is 0 Å². The monoisotopic (exact) mass is 438 g/mol.